The van der Waals surface area contributed by atoms with Crippen LogP contribution in [-0.4, -0.2) is 84.4 Å². The summed E-state index contributed by atoms with van der Waals surface area (Å²) in [4.78, 5) is 11.0. The summed E-state index contributed by atoms with van der Waals surface area (Å²) >= 11 is 0. The molecule has 0 aliphatic heterocycles. The highest BCUT2D eigenvalue weighted by Crippen LogP contribution is 2.21. The number of aliphatic hydroxyl groups is 5. The van der Waals surface area contributed by atoms with Gasteiger partial charge in [-0.1, -0.05) is 6.58 Å². The van der Waals surface area contributed by atoms with Crippen LogP contribution < -0.4 is 0 Å². The van der Waals surface area contributed by atoms with E-state index in [9.17, 15) is 15.0 Å². The highest BCUT2D eigenvalue weighted by molar-refractivity contribution is 5.81. The summed E-state index contributed by atoms with van der Waals surface area (Å²) in [6.07, 6.45) is 0.953. The minimum atomic E-state index is -1.22. The zero-order valence-corrected chi connectivity index (χ0v) is 11.9. The molecule has 0 bridgehead atoms. The number of aliphatic hydroxyl groups excluding tert-OH is 5. The van der Waals surface area contributed by atoms with Gasteiger partial charge in [0.2, 0.25) is 0 Å². The Morgan fingerprint density at radius 2 is 1.29 bits per heavy atom. The van der Waals surface area contributed by atoms with E-state index in [1.165, 1.54) is 0 Å². The van der Waals surface area contributed by atoms with E-state index >= 15 is 0 Å². The maximum Gasteiger partial charge on any atom is 0.330 e. The quantitative estimate of drug-likeness (QED) is 0.200. The molecule has 0 aromatic carbocycles. The molecule has 0 unspecified atom stereocenters. The summed E-state index contributed by atoms with van der Waals surface area (Å²) in [7, 11) is 0. The van der Waals surface area contributed by atoms with Gasteiger partial charge in [0.1, 0.15) is 6.61 Å². The first kappa shape index (κ1) is 20.0. The fourth-order valence-corrected chi connectivity index (χ4v) is 1.33. The molecule has 21 heavy (non-hydrogen) atoms. The zero-order valence-electron chi connectivity index (χ0n) is 11.9. The number of carbonyl (C=O) groups is 1. The molecule has 0 aromatic rings. The second-order valence-corrected chi connectivity index (χ2v) is 5.10. The Morgan fingerprint density at radius 1 is 0.857 bits per heavy atom. The number of hydrogen-bond acceptors (Lipinski definition) is 8. The second-order valence-electron chi connectivity index (χ2n) is 5.10. The number of carbonyl (C=O) groups excluding carboxylic acids is 1. The predicted octanol–water partition coefficient (Wildman–Crippen LogP) is -2.33. The summed E-state index contributed by atoms with van der Waals surface area (Å²) in [6, 6.07) is 0. The molecule has 0 saturated carbocycles. The van der Waals surface area contributed by atoms with E-state index in [4.69, 9.17) is 24.8 Å². The van der Waals surface area contributed by atoms with E-state index in [0.717, 1.165) is 6.08 Å². The van der Waals surface area contributed by atoms with Gasteiger partial charge in [0.15, 0.2) is 0 Å². The number of hydrogen-bond donors (Lipinski definition) is 5. The summed E-state index contributed by atoms with van der Waals surface area (Å²) in [5.41, 5.74) is -2.43. The molecule has 5 N–H and O–H groups in total. The van der Waals surface area contributed by atoms with Gasteiger partial charge >= 0.3 is 5.97 Å². The van der Waals surface area contributed by atoms with Crippen molar-refractivity contribution in [2.75, 3.05) is 52.9 Å². The van der Waals surface area contributed by atoms with Crippen molar-refractivity contribution in [3.63, 3.8) is 0 Å². The van der Waals surface area contributed by atoms with Crippen LogP contribution in [0.3, 0.4) is 0 Å². The van der Waals surface area contributed by atoms with Gasteiger partial charge in [-0.3, -0.25) is 0 Å². The molecule has 0 spiro atoms. The average Bonchev–Trinajstić information content (AvgIpc) is 2.55. The molecule has 0 aliphatic rings. The summed E-state index contributed by atoms with van der Waals surface area (Å²) in [5.74, 6) is -0.698. The highest BCUT2D eigenvalue weighted by Gasteiger charge is 2.34. The van der Waals surface area contributed by atoms with Crippen LogP contribution in [0.15, 0.2) is 12.7 Å². The highest BCUT2D eigenvalue weighted by atomic mass is 16.5. The average molecular weight is 308 g/mol. The molecule has 0 atom stereocenters. The normalized spacial score (nSPS) is 12.2. The van der Waals surface area contributed by atoms with Gasteiger partial charge in [0, 0.05) is 6.08 Å². The molecule has 124 valence electrons. The molecular weight excluding hydrogens is 284 g/mol. The Morgan fingerprint density at radius 3 is 1.67 bits per heavy atom. The molecule has 0 radical (unpaired) electrons. The third-order valence-corrected chi connectivity index (χ3v) is 3.18. The second kappa shape index (κ2) is 9.82. The van der Waals surface area contributed by atoms with Gasteiger partial charge in [-0.25, -0.2) is 4.79 Å². The monoisotopic (exact) mass is 308 g/mol. The van der Waals surface area contributed by atoms with E-state index in [1.54, 1.807) is 0 Å². The molecule has 0 heterocycles. The van der Waals surface area contributed by atoms with Gasteiger partial charge in [-0.05, 0) is 0 Å². The van der Waals surface area contributed by atoms with E-state index < -0.39 is 49.8 Å². The van der Waals surface area contributed by atoms with Crippen molar-refractivity contribution in [3.05, 3.63) is 12.7 Å². The summed E-state index contributed by atoms with van der Waals surface area (Å²) in [5, 5.41) is 46.2. The van der Waals surface area contributed by atoms with Crippen molar-refractivity contribution in [3.8, 4) is 0 Å². The van der Waals surface area contributed by atoms with E-state index in [1.807, 2.05) is 0 Å². The van der Waals surface area contributed by atoms with Crippen LogP contribution in [0.2, 0.25) is 0 Å². The lowest BCUT2D eigenvalue weighted by atomic mass is 9.90. The fraction of sp³-hybridized carbons (Fsp3) is 0.769. The maximum atomic E-state index is 11.0. The van der Waals surface area contributed by atoms with Crippen molar-refractivity contribution < 1.29 is 39.8 Å². The van der Waals surface area contributed by atoms with Crippen LogP contribution in [0.1, 0.15) is 0 Å². The number of rotatable bonds is 12. The Hall–Kier alpha value is -1.03. The van der Waals surface area contributed by atoms with Crippen LogP contribution in [-0.2, 0) is 14.3 Å². The Bertz CT molecular complexity index is 301. The van der Waals surface area contributed by atoms with E-state index in [0.29, 0.717) is 0 Å². The minimum Gasteiger partial charge on any atom is -0.462 e. The number of ether oxygens (including phenoxy) is 2. The van der Waals surface area contributed by atoms with Gasteiger partial charge in [0.05, 0.1) is 57.1 Å². The number of esters is 1. The Labute approximate surface area is 123 Å². The standard InChI is InChI=1S/C13H24O8/c1-2-11(19)21-10-13(6-17,7-18)9-20-8-12(3-14,4-15)5-16/h2,14-18H,1,3-10H2. The maximum absolute atomic E-state index is 11.0. The molecule has 0 amide bonds. The van der Waals surface area contributed by atoms with Crippen molar-refractivity contribution >= 4 is 5.97 Å². The topological polar surface area (TPSA) is 137 Å². The first-order chi connectivity index (χ1) is 9.96. The van der Waals surface area contributed by atoms with Gasteiger partial charge in [-0.2, -0.15) is 0 Å². The minimum absolute atomic E-state index is 0.187. The molecular formula is C13H24O8. The van der Waals surface area contributed by atoms with Crippen molar-refractivity contribution in [2.24, 2.45) is 10.8 Å². The molecule has 0 saturated heterocycles. The van der Waals surface area contributed by atoms with Crippen molar-refractivity contribution in [2.45, 2.75) is 0 Å². The van der Waals surface area contributed by atoms with Crippen LogP contribution in [0.5, 0.6) is 0 Å². The summed E-state index contributed by atoms with van der Waals surface area (Å²) < 4.78 is 10.1. The van der Waals surface area contributed by atoms with Crippen molar-refractivity contribution in [1.82, 2.24) is 0 Å². The lowest BCUT2D eigenvalue weighted by Crippen LogP contribution is -2.44. The third kappa shape index (κ3) is 6.08. The van der Waals surface area contributed by atoms with Crippen LogP contribution in [0.25, 0.3) is 0 Å². The largest absolute Gasteiger partial charge is 0.462 e. The summed E-state index contributed by atoms with van der Waals surface area (Å²) in [6.45, 7) is 0.0973. The first-order valence-corrected chi connectivity index (χ1v) is 6.38. The van der Waals surface area contributed by atoms with Crippen LogP contribution in [0, 0.1) is 10.8 Å². The lowest BCUT2D eigenvalue weighted by Gasteiger charge is -2.32. The lowest BCUT2D eigenvalue weighted by molar-refractivity contribution is -0.149. The van der Waals surface area contributed by atoms with Gasteiger partial charge < -0.3 is 35.0 Å². The molecule has 8 heteroatoms. The fourth-order valence-electron chi connectivity index (χ4n) is 1.33. The SMILES string of the molecule is C=CC(=O)OCC(CO)(CO)COCC(CO)(CO)CO. The zero-order chi connectivity index (χ0) is 16.4. The van der Waals surface area contributed by atoms with Crippen LogP contribution in [0.4, 0.5) is 0 Å². The van der Waals surface area contributed by atoms with Crippen LogP contribution >= 0.6 is 0 Å². The molecule has 0 fully saturated rings. The first-order valence-electron chi connectivity index (χ1n) is 6.38. The molecule has 0 aromatic heterocycles. The van der Waals surface area contributed by atoms with E-state index in [2.05, 4.69) is 6.58 Å². The molecule has 0 aliphatic carbocycles. The van der Waals surface area contributed by atoms with Gasteiger partial charge in [0.25, 0.3) is 0 Å². The smallest absolute Gasteiger partial charge is 0.330 e. The Balaban J connectivity index is 4.56. The Kier molecular flexibility index (Phi) is 9.34. The predicted molar refractivity (Wildman–Crippen MR) is 72.3 cm³/mol. The molecule has 8 nitrogen and oxygen atoms in total. The van der Waals surface area contributed by atoms with Crippen molar-refractivity contribution in [1.29, 1.82) is 0 Å². The third-order valence-electron chi connectivity index (χ3n) is 3.18. The van der Waals surface area contributed by atoms with E-state index in [-0.39, 0.29) is 19.8 Å². The molecule has 0 rings (SSSR count). The van der Waals surface area contributed by atoms with Gasteiger partial charge in [-0.15, -0.1) is 0 Å².